The summed E-state index contributed by atoms with van der Waals surface area (Å²) >= 11 is 0. The number of rotatable bonds is 5. The van der Waals surface area contributed by atoms with Gasteiger partial charge in [0.1, 0.15) is 11.5 Å². The Morgan fingerprint density at radius 1 is 1.04 bits per heavy atom. The van der Waals surface area contributed by atoms with Gasteiger partial charge in [0.2, 0.25) is 5.91 Å². The monoisotopic (exact) mass is 326 g/mol. The molecule has 3 N–H and O–H groups in total. The van der Waals surface area contributed by atoms with E-state index in [1.165, 1.54) is 0 Å². The minimum Gasteiger partial charge on any atom is -0.457 e. The van der Waals surface area contributed by atoms with Crippen LogP contribution in [0.3, 0.4) is 0 Å². The smallest absolute Gasteiger partial charge is 0.232 e. The molecule has 1 heterocycles. The Morgan fingerprint density at radius 2 is 1.67 bits per heavy atom. The van der Waals surface area contributed by atoms with Crippen LogP contribution < -0.4 is 15.8 Å². The summed E-state index contributed by atoms with van der Waals surface area (Å²) in [7, 11) is 0. The Morgan fingerprint density at radius 3 is 2.29 bits per heavy atom. The molecule has 2 aromatic rings. The highest BCUT2D eigenvalue weighted by atomic mass is 16.5. The summed E-state index contributed by atoms with van der Waals surface area (Å²) < 4.78 is 11.1. The standard InChI is InChI=1S/C19H22N2O3/c20-14-19(10-12-23-13-11-19)18(22)21-15-6-8-17(9-7-15)24-16-4-2-1-3-5-16/h1-9H,10-14,20H2,(H,21,22). The minimum absolute atomic E-state index is 0.0370. The predicted octanol–water partition coefficient (Wildman–Crippen LogP) is 3.17. The van der Waals surface area contributed by atoms with Crippen LogP contribution in [0.1, 0.15) is 12.8 Å². The third-order valence-electron chi connectivity index (χ3n) is 4.41. The quantitative estimate of drug-likeness (QED) is 0.885. The lowest BCUT2D eigenvalue weighted by Gasteiger charge is -2.34. The Labute approximate surface area is 141 Å². The number of hydrogen-bond acceptors (Lipinski definition) is 4. The maximum atomic E-state index is 12.6. The number of nitrogens with two attached hydrogens (primary N) is 1. The highest BCUT2D eigenvalue weighted by Crippen LogP contribution is 2.31. The van der Waals surface area contributed by atoms with Crippen LogP contribution in [0.5, 0.6) is 11.5 Å². The lowest BCUT2D eigenvalue weighted by atomic mass is 9.79. The van der Waals surface area contributed by atoms with Crippen molar-refractivity contribution in [3.05, 3.63) is 54.6 Å². The summed E-state index contributed by atoms with van der Waals surface area (Å²) in [5.74, 6) is 1.46. The van der Waals surface area contributed by atoms with Gasteiger partial charge in [0.05, 0.1) is 5.41 Å². The normalized spacial score (nSPS) is 16.4. The maximum absolute atomic E-state index is 12.6. The van der Waals surface area contributed by atoms with Gasteiger partial charge in [-0.25, -0.2) is 0 Å². The van der Waals surface area contributed by atoms with Crippen molar-refractivity contribution in [2.75, 3.05) is 25.1 Å². The van der Waals surface area contributed by atoms with Gasteiger partial charge in [0.15, 0.2) is 0 Å². The summed E-state index contributed by atoms with van der Waals surface area (Å²) in [4.78, 5) is 12.6. The molecule has 1 amide bonds. The van der Waals surface area contributed by atoms with Gasteiger partial charge in [-0.05, 0) is 49.2 Å². The molecule has 5 nitrogen and oxygen atoms in total. The zero-order valence-corrected chi connectivity index (χ0v) is 13.5. The zero-order chi connectivity index (χ0) is 16.8. The van der Waals surface area contributed by atoms with E-state index in [9.17, 15) is 4.79 Å². The van der Waals surface area contributed by atoms with E-state index in [0.717, 1.165) is 17.2 Å². The lowest BCUT2D eigenvalue weighted by molar-refractivity contribution is -0.130. The van der Waals surface area contributed by atoms with E-state index in [4.69, 9.17) is 15.2 Å². The lowest BCUT2D eigenvalue weighted by Crippen LogP contribution is -2.46. The van der Waals surface area contributed by atoms with Crippen molar-refractivity contribution in [1.29, 1.82) is 0 Å². The van der Waals surface area contributed by atoms with Crippen LogP contribution >= 0.6 is 0 Å². The molecule has 0 radical (unpaired) electrons. The van der Waals surface area contributed by atoms with Crippen LogP contribution in [0.2, 0.25) is 0 Å². The first-order valence-electron chi connectivity index (χ1n) is 8.14. The summed E-state index contributed by atoms with van der Waals surface area (Å²) in [5, 5.41) is 2.96. The van der Waals surface area contributed by atoms with Gasteiger partial charge in [0, 0.05) is 25.4 Å². The molecular formula is C19H22N2O3. The largest absolute Gasteiger partial charge is 0.457 e. The van der Waals surface area contributed by atoms with Gasteiger partial charge in [0.25, 0.3) is 0 Å². The molecule has 0 unspecified atom stereocenters. The number of carbonyl (C=O) groups excluding carboxylic acids is 1. The highest BCUT2D eigenvalue weighted by Gasteiger charge is 2.38. The molecule has 0 bridgehead atoms. The fourth-order valence-corrected chi connectivity index (χ4v) is 2.78. The third kappa shape index (κ3) is 3.75. The Balaban J connectivity index is 1.64. The van der Waals surface area contributed by atoms with E-state index in [1.54, 1.807) is 0 Å². The molecule has 0 aromatic heterocycles. The molecule has 0 aliphatic carbocycles. The highest BCUT2D eigenvalue weighted by molar-refractivity contribution is 5.95. The van der Waals surface area contributed by atoms with Gasteiger partial charge < -0.3 is 20.5 Å². The molecule has 1 saturated heterocycles. The predicted molar refractivity (Wildman–Crippen MR) is 93.1 cm³/mol. The number of para-hydroxylation sites is 1. The van der Waals surface area contributed by atoms with Crippen molar-refractivity contribution >= 4 is 11.6 Å². The van der Waals surface area contributed by atoms with Crippen LogP contribution in [0, 0.1) is 5.41 Å². The molecule has 0 atom stereocenters. The van der Waals surface area contributed by atoms with E-state index in [2.05, 4.69) is 5.32 Å². The third-order valence-corrected chi connectivity index (χ3v) is 4.41. The number of carbonyl (C=O) groups is 1. The van der Waals surface area contributed by atoms with Crippen LogP contribution in [0.4, 0.5) is 5.69 Å². The van der Waals surface area contributed by atoms with Crippen LogP contribution in [-0.2, 0) is 9.53 Å². The van der Waals surface area contributed by atoms with Gasteiger partial charge in [-0.2, -0.15) is 0 Å². The Hall–Kier alpha value is -2.37. The van der Waals surface area contributed by atoms with E-state index in [0.29, 0.717) is 32.6 Å². The molecule has 1 aliphatic rings. The van der Waals surface area contributed by atoms with Crippen molar-refractivity contribution in [2.24, 2.45) is 11.1 Å². The van der Waals surface area contributed by atoms with Gasteiger partial charge in [-0.3, -0.25) is 4.79 Å². The second-order valence-electron chi connectivity index (χ2n) is 5.99. The summed E-state index contributed by atoms with van der Waals surface area (Å²) in [5.41, 5.74) is 6.07. The van der Waals surface area contributed by atoms with E-state index >= 15 is 0 Å². The molecule has 24 heavy (non-hydrogen) atoms. The van der Waals surface area contributed by atoms with Crippen molar-refractivity contribution in [3.8, 4) is 11.5 Å². The molecule has 3 rings (SSSR count). The number of anilines is 1. The minimum atomic E-state index is -0.530. The zero-order valence-electron chi connectivity index (χ0n) is 13.5. The van der Waals surface area contributed by atoms with Crippen molar-refractivity contribution in [3.63, 3.8) is 0 Å². The van der Waals surface area contributed by atoms with E-state index in [-0.39, 0.29) is 5.91 Å². The van der Waals surface area contributed by atoms with Crippen LogP contribution in [0.15, 0.2) is 54.6 Å². The second kappa shape index (κ2) is 7.47. The van der Waals surface area contributed by atoms with Gasteiger partial charge in [-0.15, -0.1) is 0 Å². The topological polar surface area (TPSA) is 73.6 Å². The Bertz CT molecular complexity index is 665. The number of nitrogens with one attached hydrogen (secondary N) is 1. The second-order valence-corrected chi connectivity index (χ2v) is 5.99. The van der Waals surface area contributed by atoms with Crippen molar-refractivity contribution in [2.45, 2.75) is 12.8 Å². The van der Waals surface area contributed by atoms with Gasteiger partial charge >= 0.3 is 0 Å². The van der Waals surface area contributed by atoms with Crippen LogP contribution in [0.25, 0.3) is 0 Å². The summed E-state index contributed by atoms with van der Waals surface area (Å²) in [6.07, 6.45) is 1.31. The number of benzene rings is 2. The molecule has 1 fully saturated rings. The summed E-state index contributed by atoms with van der Waals surface area (Å²) in [6, 6.07) is 16.9. The number of ether oxygens (including phenoxy) is 2. The van der Waals surface area contributed by atoms with Crippen molar-refractivity contribution < 1.29 is 14.3 Å². The van der Waals surface area contributed by atoms with Crippen molar-refractivity contribution in [1.82, 2.24) is 0 Å². The van der Waals surface area contributed by atoms with Gasteiger partial charge in [-0.1, -0.05) is 18.2 Å². The number of hydrogen-bond donors (Lipinski definition) is 2. The fraction of sp³-hybridized carbons (Fsp3) is 0.316. The molecule has 126 valence electrons. The Kier molecular flexibility index (Phi) is 5.13. The van der Waals surface area contributed by atoms with E-state index in [1.807, 2.05) is 54.6 Å². The molecular weight excluding hydrogens is 304 g/mol. The van der Waals surface area contributed by atoms with Crippen LogP contribution in [-0.4, -0.2) is 25.7 Å². The SMILES string of the molecule is NCC1(C(=O)Nc2ccc(Oc3ccccc3)cc2)CCOCC1. The first-order chi connectivity index (χ1) is 11.7. The first-order valence-corrected chi connectivity index (χ1v) is 8.14. The summed E-state index contributed by atoms with van der Waals surface area (Å²) in [6.45, 7) is 1.49. The number of amides is 1. The molecule has 1 aliphatic heterocycles. The average molecular weight is 326 g/mol. The molecule has 0 spiro atoms. The average Bonchev–Trinajstić information content (AvgIpc) is 2.64. The fourth-order valence-electron chi connectivity index (χ4n) is 2.78. The first kappa shape index (κ1) is 16.5. The molecule has 2 aromatic carbocycles. The van der Waals surface area contributed by atoms with E-state index < -0.39 is 5.41 Å². The molecule has 0 saturated carbocycles. The maximum Gasteiger partial charge on any atom is 0.232 e. The molecule has 5 heteroatoms.